The van der Waals surface area contributed by atoms with Gasteiger partial charge in [-0.15, -0.1) is 0 Å². The molecule has 3 heteroatoms. The lowest BCUT2D eigenvalue weighted by molar-refractivity contribution is 0.454. The number of hydrogen-bond acceptors (Lipinski definition) is 3. The molecule has 1 aliphatic heterocycles. The summed E-state index contributed by atoms with van der Waals surface area (Å²) < 4.78 is 0. The van der Waals surface area contributed by atoms with Gasteiger partial charge in [0.2, 0.25) is 0 Å². The van der Waals surface area contributed by atoms with Crippen molar-refractivity contribution in [2.75, 3.05) is 18.5 Å². The highest BCUT2D eigenvalue weighted by atomic mass is 16.3. The van der Waals surface area contributed by atoms with Crippen LogP contribution in [-0.2, 0) is 12.8 Å². The summed E-state index contributed by atoms with van der Waals surface area (Å²) in [6, 6.07) is 4.18. The third kappa shape index (κ3) is 1.89. The maximum atomic E-state index is 10.4. The fraction of sp³-hybridized carbons (Fsp3) is 0.571. The van der Waals surface area contributed by atoms with Gasteiger partial charge in [-0.1, -0.05) is 6.07 Å². The fourth-order valence-corrected chi connectivity index (χ4v) is 2.75. The summed E-state index contributed by atoms with van der Waals surface area (Å²) in [7, 11) is 2.09. The second-order valence-corrected chi connectivity index (χ2v) is 5.64. The first-order chi connectivity index (χ1) is 8.09. The van der Waals surface area contributed by atoms with Gasteiger partial charge in [0, 0.05) is 30.4 Å². The SMILES string of the molecule is CN1CCCc2c1ccc(CC1(N)CC1)c2O. The summed E-state index contributed by atoms with van der Waals surface area (Å²) in [6.45, 7) is 1.08. The third-order valence-corrected chi connectivity index (χ3v) is 4.11. The molecule has 0 bridgehead atoms. The van der Waals surface area contributed by atoms with Crippen LogP contribution in [-0.4, -0.2) is 24.2 Å². The molecular weight excluding hydrogens is 212 g/mol. The number of benzene rings is 1. The molecule has 3 rings (SSSR count). The van der Waals surface area contributed by atoms with E-state index in [1.807, 2.05) is 6.07 Å². The van der Waals surface area contributed by atoms with Crippen LogP contribution in [0.5, 0.6) is 5.75 Å². The Morgan fingerprint density at radius 1 is 1.41 bits per heavy atom. The monoisotopic (exact) mass is 232 g/mol. The molecule has 1 fully saturated rings. The summed E-state index contributed by atoms with van der Waals surface area (Å²) in [5.41, 5.74) is 9.41. The molecule has 1 aromatic carbocycles. The zero-order valence-corrected chi connectivity index (χ0v) is 10.4. The van der Waals surface area contributed by atoms with Crippen molar-refractivity contribution in [2.45, 2.75) is 37.6 Å². The lowest BCUT2D eigenvalue weighted by Crippen LogP contribution is -2.26. The minimum Gasteiger partial charge on any atom is -0.507 e. The van der Waals surface area contributed by atoms with Crippen LogP contribution < -0.4 is 10.6 Å². The minimum atomic E-state index is -0.0354. The highest BCUT2D eigenvalue weighted by Gasteiger charge is 2.39. The van der Waals surface area contributed by atoms with Crippen LogP contribution >= 0.6 is 0 Å². The van der Waals surface area contributed by atoms with Crippen molar-refractivity contribution >= 4 is 5.69 Å². The molecule has 1 heterocycles. The van der Waals surface area contributed by atoms with Crippen LogP contribution in [0.3, 0.4) is 0 Å². The Labute approximate surface area is 102 Å². The van der Waals surface area contributed by atoms with E-state index in [-0.39, 0.29) is 5.54 Å². The van der Waals surface area contributed by atoms with E-state index in [0.29, 0.717) is 5.75 Å². The zero-order chi connectivity index (χ0) is 12.0. The average Bonchev–Trinajstić information content (AvgIpc) is 3.02. The van der Waals surface area contributed by atoms with E-state index >= 15 is 0 Å². The van der Waals surface area contributed by atoms with Crippen molar-refractivity contribution in [1.82, 2.24) is 0 Å². The summed E-state index contributed by atoms with van der Waals surface area (Å²) >= 11 is 0. The second-order valence-electron chi connectivity index (χ2n) is 5.64. The zero-order valence-electron chi connectivity index (χ0n) is 10.4. The van der Waals surface area contributed by atoms with Crippen LogP contribution in [0.2, 0.25) is 0 Å². The van der Waals surface area contributed by atoms with Gasteiger partial charge in [0.25, 0.3) is 0 Å². The third-order valence-electron chi connectivity index (χ3n) is 4.11. The fourth-order valence-electron chi connectivity index (χ4n) is 2.75. The summed E-state index contributed by atoms with van der Waals surface area (Å²) in [5.74, 6) is 0.491. The van der Waals surface area contributed by atoms with Crippen LogP contribution in [0, 0.1) is 0 Å². The molecule has 2 aliphatic rings. The molecule has 0 unspecified atom stereocenters. The van der Waals surface area contributed by atoms with Gasteiger partial charge in [-0.05, 0) is 43.7 Å². The van der Waals surface area contributed by atoms with Crippen LogP contribution in [0.25, 0.3) is 0 Å². The summed E-state index contributed by atoms with van der Waals surface area (Å²) in [6.07, 6.45) is 5.09. The smallest absolute Gasteiger partial charge is 0.124 e. The van der Waals surface area contributed by atoms with Crippen molar-refractivity contribution < 1.29 is 5.11 Å². The molecule has 3 N–H and O–H groups in total. The quantitative estimate of drug-likeness (QED) is 0.817. The molecule has 0 amide bonds. The lowest BCUT2D eigenvalue weighted by Gasteiger charge is -2.29. The van der Waals surface area contributed by atoms with Gasteiger partial charge in [-0.3, -0.25) is 0 Å². The largest absolute Gasteiger partial charge is 0.507 e. The molecule has 0 aromatic heterocycles. The number of phenolic OH excluding ortho intramolecular Hbond substituents is 1. The first kappa shape index (κ1) is 10.9. The predicted octanol–water partition coefficient (Wildman–Crippen LogP) is 1.81. The Hall–Kier alpha value is -1.22. The van der Waals surface area contributed by atoms with Crippen molar-refractivity contribution in [3.8, 4) is 5.75 Å². The number of nitrogens with two attached hydrogens (primary N) is 1. The van der Waals surface area contributed by atoms with Gasteiger partial charge in [-0.2, -0.15) is 0 Å². The molecule has 1 aliphatic carbocycles. The average molecular weight is 232 g/mol. The number of nitrogens with zero attached hydrogens (tertiary/aromatic N) is 1. The van der Waals surface area contributed by atoms with E-state index in [9.17, 15) is 5.11 Å². The Kier molecular flexibility index (Phi) is 2.33. The van der Waals surface area contributed by atoms with E-state index in [4.69, 9.17) is 5.73 Å². The molecule has 1 aromatic rings. The van der Waals surface area contributed by atoms with Crippen LogP contribution in [0.1, 0.15) is 30.4 Å². The minimum absolute atomic E-state index is 0.0354. The van der Waals surface area contributed by atoms with Gasteiger partial charge in [-0.25, -0.2) is 0 Å². The molecule has 92 valence electrons. The normalized spacial score (nSPS) is 21.2. The summed E-state index contributed by atoms with van der Waals surface area (Å²) in [5, 5.41) is 10.4. The predicted molar refractivity (Wildman–Crippen MR) is 69.6 cm³/mol. The molecule has 0 saturated heterocycles. The molecule has 1 saturated carbocycles. The van der Waals surface area contributed by atoms with Crippen LogP contribution in [0.4, 0.5) is 5.69 Å². The van der Waals surface area contributed by atoms with Gasteiger partial charge in [0.15, 0.2) is 0 Å². The molecular formula is C14H20N2O. The molecule has 0 spiro atoms. The molecule has 3 nitrogen and oxygen atoms in total. The van der Waals surface area contributed by atoms with Crippen molar-refractivity contribution in [3.63, 3.8) is 0 Å². The highest BCUT2D eigenvalue weighted by Crippen LogP contribution is 2.41. The maximum absolute atomic E-state index is 10.4. The molecule has 0 atom stereocenters. The Morgan fingerprint density at radius 2 is 2.18 bits per heavy atom. The standard InChI is InChI=1S/C14H20N2O/c1-16-8-2-3-11-12(16)5-4-10(13(11)17)9-14(15)6-7-14/h4-5,17H,2-3,6-9,15H2,1H3. The van der Waals surface area contributed by atoms with Gasteiger partial charge >= 0.3 is 0 Å². The Morgan fingerprint density at radius 3 is 2.88 bits per heavy atom. The topological polar surface area (TPSA) is 49.5 Å². The maximum Gasteiger partial charge on any atom is 0.124 e. The van der Waals surface area contributed by atoms with E-state index in [1.54, 1.807) is 0 Å². The van der Waals surface area contributed by atoms with Gasteiger partial charge in [0.05, 0.1) is 0 Å². The number of rotatable bonds is 2. The number of fused-ring (bicyclic) bond motifs is 1. The highest BCUT2D eigenvalue weighted by molar-refractivity contribution is 5.63. The Balaban J connectivity index is 1.96. The first-order valence-electron chi connectivity index (χ1n) is 6.43. The van der Waals surface area contributed by atoms with E-state index in [0.717, 1.165) is 49.8 Å². The van der Waals surface area contributed by atoms with Crippen molar-refractivity contribution in [3.05, 3.63) is 23.3 Å². The van der Waals surface area contributed by atoms with E-state index in [1.165, 1.54) is 5.69 Å². The van der Waals surface area contributed by atoms with Crippen LogP contribution in [0.15, 0.2) is 12.1 Å². The number of anilines is 1. The van der Waals surface area contributed by atoms with Gasteiger partial charge in [0.1, 0.15) is 5.75 Å². The number of hydrogen-bond donors (Lipinski definition) is 2. The number of aromatic hydroxyl groups is 1. The molecule has 0 radical (unpaired) electrons. The first-order valence-corrected chi connectivity index (χ1v) is 6.43. The lowest BCUT2D eigenvalue weighted by atomic mass is 9.95. The Bertz CT molecular complexity index is 452. The second kappa shape index (κ2) is 3.64. The molecule has 17 heavy (non-hydrogen) atoms. The summed E-state index contributed by atoms with van der Waals surface area (Å²) in [4.78, 5) is 2.22. The van der Waals surface area contributed by atoms with E-state index < -0.39 is 0 Å². The van der Waals surface area contributed by atoms with Crippen molar-refractivity contribution in [1.29, 1.82) is 0 Å². The van der Waals surface area contributed by atoms with Gasteiger partial charge < -0.3 is 15.7 Å². The number of phenols is 1. The van der Waals surface area contributed by atoms with E-state index in [2.05, 4.69) is 18.0 Å². The van der Waals surface area contributed by atoms with Crippen molar-refractivity contribution in [2.24, 2.45) is 5.73 Å².